The molecule has 7 heteroatoms. The summed E-state index contributed by atoms with van der Waals surface area (Å²) in [5, 5.41) is 11.2. The Morgan fingerprint density at radius 3 is 2.04 bits per heavy atom. The van der Waals surface area contributed by atoms with Crippen LogP contribution >= 0.6 is 0 Å². The molecule has 1 aromatic heterocycles. The van der Waals surface area contributed by atoms with Gasteiger partial charge in [-0.05, 0) is 13.0 Å². The van der Waals surface area contributed by atoms with Crippen LogP contribution in [0.25, 0.3) is 22.5 Å². The van der Waals surface area contributed by atoms with Crippen LogP contribution in [0.5, 0.6) is 23.0 Å². The molecule has 2 aromatic carbocycles. The van der Waals surface area contributed by atoms with Crippen molar-refractivity contribution in [1.82, 2.24) is 15.4 Å². The van der Waals surface area contributed by atoms with Gasteiger partial charge in [0.1, 0.15) is 5.69 Å². The van der Waals surface area contributed by atoms with Crippen LogP contribution in [0, 0.1) is 6.92 Å². The average molecular weight is 355 g/mol. The lowest BCUT2D eigenvalue weighted by Gasteiger charge is -2.18. The molecule has 0 fully saturated rings. The molecule has 0 aliphatic rings. The second-order valence-corrected chi connectivity index (χ2v) is 5.63. The highest BCUT2D eigenvalue weighted by molar-refractivity contribution is 5.85. The number of nitrogens with zero attached hydrogens (tertiary/aromatic N) is 2. The van der Waals surface area contributed by atoms with Crippen molar-refractivity contribution in [2.75, 3.05) is 28.4 Å². The molecule has 7 nitrogen and oxygen atoms in total. The van der Waals surface area contributed by atoms with Gasteiger partial charge in [-0.15, -0.1) is 5.10 Å². The summed E-state index contributed by atoms with van der Waals surface area (Å²) in [6.07, 6.45) is 0. The molecule has 0 aliphatic heterocycles. The van der Waals surface area contributed by atoms with Gasteiger partial charge in [-0.3, -0.25) is 5.10 Å². The summed E-state index contributed by atoms with van der Waals surface area (Å²) in [5.74, 6) is 1.92. The fourth-order valence-electron chi connectivity index (χ4n) is 2.85. The van der Waals surface area contributed by atoms with Crippen molar-refractivity contribution in [1.29, 1.82) is 0 Å². The lowest BCUT2D eigenvalue weighted by molar-refractivity contribution is 0.306. The number of nitrogens with one attached hydrogen (secondary N) is 1. The summed E-state index contributed by atoms with van der Waals surface area (Å²) < 4.78 is 22.0. The zero-order valence-electron chi connectivity index (χ0n) is 15.4. The minimum atomic E-state index is 0.439. The predicted molar refractivity (Wildman–Crippen MR) is 98.2 cm³/mol. The SMILES string of the molecule is COc1cc(-c2[nH]nnc2-c2ccc(C)cc2)c(OC)c(OC)c1OC. The van der Waals surface area contributed by atoms with E-state index in [1.807, 2.05) is 37.3 Å². The van der Waals surface area contributed by atoms with Crippen molar-refractivity contribution in [2.45, 2.75) is 6.92 Å². The molecular formula is C19H21N3O4. The summed E-state index contributed by atoms with van der Waals surface area (Å²) in [6, 6.07) is 9.87. The van der Waals surface area contributed by atoms with Crippen LogP contribution in [0.1, 0.15) is 5.56 Å². The standard InChI is InChI=1S/C19H21N3O4/c1-11-6-8-12(9-7-11)15-16(21-22-20-15)13-10-14(23-2)18(25-4)19(26-5)17(13)24-3/h6-10H,1-5H3,(H,20,21,22). The summed E-state index contributed by atoms with van der Waals surface area (Å²) >= 11 is 0. The van der Waals surface area contributed by atoms with Crippen LogP contribution in [0.3, 0.4) is 0 Å². The molecule has 0 bridgehead atoms. The van der Waals surface area contributed by atoms with E-state index in [9.17, 15) is 0 Å². The third kappa shape index (κ3) is 2.92. The molecule has 0 saturated heterocycles. The van der Waals surface area contributed by atoms with E-state index in [2.05, 4.69) is 15.4 Å². The van der Waals surface area contributed by atoms with Gasteiger partial charge < -0.3 is 18.9 Å². The number of benzene rings is 2. The van der Waals surface area contributed by atoms with Crippen LogP contribution in [0.4, 0.5) is 0 Å². The van der Waals surface area contributed by atoms with Crippen molar-refractivity contribution < 1.29 is 18.9 Å². The summed E-state index contributed by atoms with van der Waals surface area (Å²) in [7, 11) is 6.24. The lowest BCUT2D eigenvalue weighted by Crippen LogP contribution is -2.00. The maximum absolute atomic E-state index is 5.61. The van der Waals surface area contributed by atoms with E-state index >= 15 is 0 Å². The Kier molecular flexibility index (Phi) is 4.97. The van der Waals surface area contributed by atoms with Gasteiger partial charge in [0, 0.05) is 5.56 Å². The summed E-state index contributed by atoms with van der Waals surface area (Å²) in [5.41, 5.74) is 4.23. The molecule has 0 saturated carbocycles. The Morgan fingerprint density at radius 2 is 1.46 bits per heavy atom. The minimum absolute atomic E-state index is 0.439. The van der Waals surface area contributed by atoms with Crippen LogP contribution in [-0.4, -0.2) is 43.8 Å². The van der Waals surface area contributed by atoms with Gasteiger partial charge in [-0.25, -0.2) is 0 Å². The zero-order chi connectivity index (χ0) is 18.7. The maximum Gasteiger partial charge on any atom is 0.207 e. The van der Waals surface area contributed by atoms with Crippen LogP contribution in [-0.2, 0) is 0 Å². The first-order valence-electron chi connectivity index (χ1n) is 8.00. The van der Waals surface area contributed by atoms with E-state index in [-0.39, 0.29) is 0 Å². The van der Waals surface area contributed by atoms with Crippen molar-refractivity contribution in [3.05, 3.63) is 35.9 Å². The maximum atomic E-state index is 5.61. The molecule has 1 N–H and O–H groups in total. The highest BCUT2D eigenvalue weighted by atomic mass is 16.5. The lowest BCUT2D eigenvalue weighted by atomic mass is 10.0. The first-order valence-corrected chi connectivity index (χ1v) is 8.00. The first-order chi connectivity index (χ1) is 12.6. The fourth-order valence-corrected chi connectivity index (χ4v) is 2.85. The molecular weight excluding hydrogens is 334 g/mol. The van der Waals surface area contributed by atoms with Gasteiger partial charge in [-0.2, -0.15) is 0 Å². The molecule has 3 rings (SSSR count). The summed E-state index contributed by atoms with van der Waals surface area (Å²) in [6.45, 7) is 2.04. The number of H-pyrrole nitrogens is 1. The number of hydrogen-bond acceptors (Lipinski definition) is 6. The van der Waals surface area contributed by atoms with E-state index < -0.39 is 0 Å². The smallest absolute Gasteiger partial charge is 0.207 e. The van der Waals surface area contributed by atoms with E-state index in [0.717, 1.165) is 5.56 Å². The number of aryl methyl sites for hydroxylation is 1. The highest BCUT2D eigenvalue weighted by Crippen LogP contribution is 2.50. The number of aromatic amines is 1. The zero-order valence-corrected chi connectivity index (χ0v) is 15.4. The fraction of sp³-hybridized carbons (Fsp3) is 0.263. The third-order valence-corrected chi connectivity index (χ3v) is 4.13. The Hall–Kier alpha value is -3.22. The van der Waals surface area contributed by atoms with E-state index in [1.165, 1.54) is 5.56 Å². The number of hydrogen-bond donors (Lipinski definition) is 1. The second kappa shape index (κ2) is 7.35. The quantitative estimate of drug-likeness (QED) is 0.729. The molecule has 3 aromatic rings. The molecule has 0 radical (unpaired) electrons. The van der Waals surface area contributed by atoms with Crippen molar-refractivity contribution in [2.24, 2.45) is 0 Å². The molecule has 0 aliphatic carbocycles. The topological polar surface area (TPSA) is 78.5 Å². The van der Waals surface area contributed by atoms with Gasteiger partial charge >= 0.3 is 0 Å². The van der Waals surface area contributed by atoms with Crippen molar-refractivity contribution >= 4 is 0 Å². The Bertz CT molecular complexity index is 904. The normalized spacial score (nSPS) is 10.5. The molecule has 0 spiro atoms. The monoisotopic (exact) mass is 355 g/mol. The molecule has 0 atom stereocenters. The van der Waals surface area contributed by atoms with E-state index in [0.29, 0.717) is 39.9 Å². The van der Waals surface area contributed by atoms with Crippen LogP contribution in [0.15, 0.2) is 30.3 Å². The number of aromatic nitrogens is 3. The van der Waals surface area contributed by atoms with E-state index in [1.54, 1.807) is 28.4 Å². The highest BCUT2D eigenvalue weighted by Gasteiger charge is 2.25. The average Bonchev–Trinajstić information content (AvgIpc) is 3.16. The van der Waals surface area contributed by atoms with Crippen LogP contribution < -0.4 is 18.9 Å². The van der Waals surface area contributed by atoms with Gasteiger partial charge in [0.2, 0.25) is 11.5 Å². The van der Waals surface area contributed by atoms with Gasteiger partial charge in [0.05, 0.1) is 39.7 Å². The predicted octanol–water partition coefficient (Wildman–Crippen LogP) is 3.48. The minimum Gasteiger partial charge on any atom is -0.493 e. The molecule has 0 amide bonds. The summed E-state index contributed by atoms with van der Waals surface area (Å²) in [4.78, 5) is 0. The van der Waals surface area contributed by atoms with Gasteiger partial charge in [0.25, 0.3) is 0 Å². The number of rotatable bonds is 6. The molecule has 0 unspecified atom stereocenters. The second-order valence-electron chi connectivity index (χ2n) is 5.63. The van der Waals surface area contributed by atoms with Crippen molar-refractivity contribution in [3.63, 3.8) is 0 Å². The van der Waals surface area contributed by atoms with Crippen LogP contribution in [0.2, 0.25) is 0 Å². The number of ether oxygens (including phenoxy) is 4. The molecule has 136 valence electrons. The Morgan fingerprint density at radius 1 is 0.808 bits per heavy atom. The van der Waals surface area contributed by atoms with Gasteiger partial charge in [0.15, 0.2) is 11.5 Å². The molecule has 26 heavy (non-hydrogen) atoms. The van der Waals surface area contributed by atoms with Crippen molar-refractivity contribution in [3.8, 4) is 45.5 Å². The van der Waals surface area contributed by atoms with Gasteiger partial charge in [-0.1, -0.05) is 35.0 Å². The first kappa shape index (κ1) is 17.6. The Balaban J connectivity index is 2.25. The Labute approximate surface area is 151 Å². The largest absolute Gasteiger partial charge is 0.493 e. The molecule has 1 heterocycles. The van der Waals surface area contributed by atoms with E-state index in [4.69, 9.17) is 18.9 Å². The number of methoxy groups -OCH3 is 4. The third-order valence-electron chi connectivity index (χ3n) is 4.13.